The molecule has 0 aliphatic heterocycles. The van der Waals surface area contributed by atoms with Crippen molar-refractivity contribution in [2.24, 2.45) is 5.84 Å². The molecule has 0 saturated carbocycles. The number of aryl methyl sites for hydroxylation is 1. The number of rotatable bonds is 3. The van der Waals surface area contributed by atoms with Crippen molar-refractivity contribution < 1.29 is 9.32 Å². The third kappa shape index (κ3) is 2.55. The van der Waals surface area contributed by atoms with Crippen molar-refractivity contribution in [3.8, 4) is 0 Å². The van der Waals surface area contributed by atoms with Crippen molar-refractivity contribution in [3.05, 3.63) is 29.9 Å². The Kier molecular flexibility index (Phi) is 2.97. The van der Waals surface area contributed by atoms with E-state index < -0.39 is 5.91 Å². The summed E-state index contributed by atoms with van der Waals surface area (Å²) in [7, 11) is 0. The third-order valence-corrected chi connectivity index (χ3v) is 1.88. The SMILES string of the molecule is Cc1cc(NC(=O)c2cncc(NN)n2)no1. The molecule has 2 aromatic rings. The van der Waals surface area contributed by atoms with Gasteiger partial charge in [-0.15, -0.1) is 0 Å². The number of nitrogens with two attached hydrogens (primary N) is 1. The van der Waals surface area contributed by atoms with Crippen LogP contribution in [0.5, 0.6) is 0 Å². The highest BCUT2D eigenvalue weighted by Crippen LogP contribution is 2.09. The Labute approximate surface area is 96.2 Å². The molecular formula is C9H10N6O2. The van der Waals surface area contributed by atoms with Crippen LogP contribution in [0.4, 0.5) is 11.6 Å². The summed E-state index contributed by atoms with van der Waals surface area (Å²) >= 11 is 0. The predicted molar refractivity (Wildman–Crippen MR) is 59.0 cm³/mol. The Balaban J connectivity index is 2.14. The molecule has 0 aliphatic rings. The summed E-state index contributed by atoms with van der Waals surface area (Å²) in [6.45, 7) is 1.72. The minimum atomic E-state index is -0.442. The number of amides is 1. The van der Waals surface area contributed by atoms with Gasteiger partial charge in [-0.3, -0.25) is 9.78 Å². The molecule has 0 atom stereocenters. The van der Waals surface area contributed by atoms with Gasteiger partial charge in [-0.2, -0.15) is 0 Å². The van der Waals surface area contributed by atoms with Crippen molar-refractivity contribution in [2.45, 2.75) is 6.92 Å². The molecule has 17 heavy (non-hydrogen) atoms. The second kappa shape index (κ2) is 4.58. The maximum atomic E-state index is 11.7. The van der Waals surface area contributed by atoms with Crippen LogP contribution in [-0.2, 0) is 0 Å². The van der Waals surface area contributed by atoms with Crippen LogP contribution < -0.4 is 16.6 Å². The number of carbonyl (C=O) groups is 1. The Hall–Kier alpha value is -2.48. The first kappa shape index (κ1) is 11.0. The van der Waals surface area contributed by atoms with Crippen LogP contribution in [0.15, 0.2) is 23.0 Å². The fourth-order valence-corrected chi connectivity index (χ4v) is 1.15. The summed E-state index contributed by atoms with van der Waals surface area (Å²) in [6, 6.07) is 1.59. The zero-order chi connectivity index (χ0) is 12.3. The van der Waals surface area contributed by atoms with Crippen molar-refractivity contribution in [1.29, 1.82) is 0 Å². The van der Waals surface area contributed by atoms with Gasteiger partial charge < -0.3 is 15.3 Å². The van der Waals surface area contributed by atoms with E-state index in [4.69, 9.17) is 10.4 Å². The Bertz CT molecular complexity index is 538. The Morgan fingerprint density at radius 1 is 1.41 bits per heavy atom. The number of carbonyl (C=O) groups excluding carboxylic acids is 1. The zero-order valence-corrected chi connectivity index (χ0v) is 8.97. The lowest BCUT2D eigenvalue weighted by atomic mass is 10.4. The van der Waals surface area contributed by atoms with Crippen molar-refractivity contribution in [1.82, 2.24) is 15.1 Å². The summed E-state index contributed by atoms with van der Waals surface area (Å²) in [4.78, 5) is 19.5. The van der Waals surface area contributed by atoms with Gasteiger partial charge in [0.2, 0.25) is 0 Å². The van der Waals surface area contributed by atoms with E-state index in [1.54, 1.807) is 13.0 Å². The van der Waals surface area contributed by atoms with Gasteiger partial charge in [0.25, 0.3) is 5.91 Å². The van der Waals surface area contributed by atoms with Crippen molar-refractivity contribution in [3.63, 3.8) is 0 Å². The van der Waals surface area contributed by atoms with Gasteiger partial charge in [0, 0.05) is 6.07 Å². The maximum Gasteiger partial charge on any atom is 0.277 e. The fourth-order valence-electron chi connectivity index (χ4n) is 1.15. The Morgan fingerprint density at radius 3 is 2.88 bits per heavy atom. The first-order chi connectivity index (χ1) is 8.19. The first-order valence-corrected chi connectivity index (χ1v) is 4.72. The van der Waals surface area contributed by atoms with Gasteiger partial charge in [0.05, 0.1) is 12.4 Å². The van der Waals surface area contributed by atoms with Crippen LogP contribution in [0.25, 0.3) is 0 Å². The molecule has 8 heteroatoms. The number of aromatic nitrogens is 3. The van der Waals surface area contributed by atoms with Gasteiger partial charge in [0.1, 0.15) is 11.5 Å². The summed E-state index contributed by atoms with van der Waals surface area (Å²) in [5.74, 6) is 5.94. The fraction of sp³-hybridized carbons (Fsp3) is 0.111. The van der Waals surface area contributed by atoms with E-state index >= 15 is 0 Å². The maximum absolute atomic E-state index is 11.7. The smallest absolute Gasteiger partial charge is 0.277 e. The van der Waals surface area contributed by atoms with E-state index in [0.717, 1.165) is 0 Å². The zero-order valence-electron chi connectivity index (χ0n) is 8.97. The summed E-state index contributed by atoms with van der Waals surface area (Å²) < 4.78 is 4.81. The minimum Gasteiger partial charge on any atom is -0.360 e. The van der Waals surface area contributed by atoms with Crippen LogP contribution in [0.3, 0.4) is 0 Å². The summed E-state index contributed by atoms with van der Waals surface area (Å²) in [6.07, 6.45) is 2.72. The molecule has 0 fully saturated rings. The number of anilines is 2. The van der Waals surface area contributed by atoms with E-state index in [2.05, 4.69) is 25.9 Å². The van der Waals surface area contributed by atoms with E-state index in [9.17, 15) is 4.79 Å². The van der Waals surface area contributed by atoms with Crippen molar-refractivity contribution in [2.75, 3.05) is 10.7 Å². The minimum absolute atomic E-state index is 0.126. The first-order valence-electron chi connectivity index (χ1n) is 4.72. The molecule has 2 aromatic heterocycles. The van der Waals surface area contributed by atoms with E-state index in [0.29, 0.717) is 17.4 Å². The van der Waals surface area contributed by atoms with Gasteiger partial charge >= 0.3 is 0 Å². The molecule has 1 amide bonds. The predicted octanol–water partition coefficient (Wildman–Crippen LogP) is 0.311. The summed E-state index contributed by atoms with van der Waals surface area (Å²) in [5, 5.41) is 6.14. The molecule has 0 aliphatic carbocycles. The average Bonchev–Trinajstić information content (AvgIpc) is 2.75. The Morgan fingerprint density at radius 2 is 2.24 bits per heavy atom. The molecule has 0 spiro atoms. The monoisotopic (exact) mass is 234 g/mol. The molecule has 0 radical (unpaired) electrons. The van der Waals surface area contributed by atoms with Gasteiger partial charge in [-0.25, -0.2) is 10.8 Å². The van der Waals surface area contributed by atoms with Gasteiger partial charge in [0.15, 0.2) is 11.6 Å². The highest BCUT2D eigenvalue weighted by molar-refractivity contribution is 6.02. The molecular weight excluding hydrogens is 224 g/mol. The molecule has 2 rings (SSSR count). The van der Waals surface area contributed by atoms with Crippen molar-refractivity contribution >= 4 is 17.5 Å². The summed E-state index contributed by atoms with van der Waals surface area (Å²) in [5.41, 5.74) is 2.43. The molecule has 0 aromatic carbocycles. The topological polar surface area (TPSA) is 119 Å². The number of nitrogens with one attached hydrogen (secondary N) is 2. The molecule has 4 N–H and O–H groups in total. The second-order valence-electron chi connectivity index (χ2n) is 3.21. The van der Waals surface area contributed by atoms with Crippen LogP contribution in [0.1, 0.15) is 16.2 Å². The molecule has 8 nitrogen and oxygen atoms in total. The average molecular weight is 234 g/mol. The molecule has 88 valence electrons. The molecule has 0 saturated heterocycles. The van der Waals surface area contributed by atoms with Gasteiger partial charge in [-0.05, 0) is 6.92 Å². The van der Waals surface area contributed by atoms with Crippen LogP contribution in [0, 0.1) is 6.92 Å². The number of hydrazine groups is 1. The van der Waals surface area contributed by atoms with E-state index in [-0.39, 0.29) is 5.69 Å². The lowest BCUT2D eigenvalue weighted by Gasteiger charge is -2.02. The van der Waals surface area contributed by atoms with E-state index in [1.165, 1.54) is 12.4 Å². The number of nitrogens with zero attached hydrogens (tertiary/aromatic N) is 3. The third-order valence-electron chi connectivity index (χ3n) is 1.88. The van der Waals surface area contributed by atoms with Crippen LogP contribution >= 0.6 is 0 Å². The largest absolute Gasteiger partial charge is 0.360 e. The normalized spacial score (nSPS) is 10.0. The van der Waals surface area contributed by atoms with Crippen LogP contribution in [0.2, 0.25) is 0 Å². The highest BCUT2D eigenvalue weighted by Gasteiger charge is 2.11. The van der Waals surface area contributed by atoms with E-state index in [1.807, 2.05) is 0 Å². The number of nitrogen functional groups attached to an aromatic ring is 1. The quantitative estimate of drug-likeness (QED) is 0.516. The lowest BCUT2D eigenvalue weighted by Crippen LogP contribution is -2.16. The number of hydrogen-bond donors (Lipinski definition) is 3. The second-order valence-corrected chi connectivity index (χ2v) is 3.21. The van der Waals surface area contributed by atoms with Gasteiger partial charge in [-0.1, -0.05) is 5.16 Å². The molecule has 0 unspecified atom stereocenters. The lowest BCUT2D eigenvalue weighted by molar-refractivity contribution is 0.102. The molecule has 0 bridgehead atoms. The highest BCUT2D eigenvalue weighted by atomic mass is 16.5. The standard InChI is InChI=1S/C9H10N6O2/c1-5-2-7(15-17-5)13-9(16)6-3-11-4-8(12-6)14-10/h2-4H,10H2,1H3,(H,12,14)(H,13,15,16). The molecule has 2 heterocycles. The van der Waals surface area contributed by atoms with Crippen LogP contribution in [-0.4, -0.2) is 21.0 Å². The number of hydrogen-bond acceptors (Lipinski definition) is 7.